The molecule has 1 aromatic heterocycles. The van der Waals surface area contributed by atoms with Gasteiger partial charge in [0, 0.05) is 12.5 Å². The molecule has 4 heteroatoms. The largest absolute Gasteiger partial charge is 0.447 e. The van der Waals surface area contributed by atoms with Gasteiger partial charge in [-0.05, 0) is 40.4 Å². The Bertz CT molecular complexity index is 337. The monoisotopic (exact) mass is 223 g/mol. The van der Waals surface area contributed by atoms with Crippen LogP contribution in [0.2, 0.25) is 0 Å². The second kappa shape index (κ2) is 4.97. The van der Waals surface area contributed by atoms with E-state index in [1.165, 1.54) is 6.42 Å². The number of nitrogens with zero attached hydrogens (tertiary/aromatic N) is 2. The van der Waals surface area contributed by atoms with Crippen LogP contribution in [0.15, 0.2) is 10.7 Å². The van der Waals surface area contributed by atoms with Gasteiger partial charge in [-0.3, -0.25) is 4.90 Å². The lowest BCUT2D eigenvalue weighted by molar-refractivity contribution is 0.268. The first kappa shape index (κ1) is 11.6. The second-order valence-electron chi connectivity index (χ2n) is 4.71. The van der Waals surface area contributed by atoms with Crippen LogP contribution in [-0.2, 0) is 6.42 Å². The number of likely N-dealkylation sites (N-methyl/N-ethyl adjacent to an activating group) is 1. The van der Waals surface area contributed by atoms with E-state index >= 15 is 0 Å². The summed E-state index contributed by atoms with van der Waals surface area (Å²) in [4.78, 5) is 6.90. The summed E-state index contributed by atoms with van der Waals surface area (Å²) in [5, 5.41) is 3.21. The minimum Gasteiger partial charge on any atom is -0.447 e. The van der Waals surface area contributed by atoms with Gasteiger partial charge in [-0.2, -0.15) is 0 Å². The molecule has 16 heavy (non-hydrogen) atoms. The maximum Gasteiger partial charge on any atom is 0.211 e. The fraction of sp³-hybridized carbons (Fsp3) is 0.750. The lowest BCUT2D eigenvalue weighted by Crippen LogP contribution is -2.23. The molecule has 1 fully saturated rings. The standard InChI is InChI=1S/C12H21N3O/c1-9(13-2)7-10-8-16-12(14-10)11-5-4-6-15(11)3/h8-9,11,13H,4-7H2,1-3H3. The SMILES string of the molecule is CNC(C)Cc1coc(C2CCCN2C)n1. The second-order valence-corrected chi connectivity index (χ2v) is 4.71. The topological polar surface area (TPSA) is 41.3 Å². The average Bonchev–Trinajstić information content (AvgIpc) is 2.86. The van der Waals surface area contributed by atoms with Crippen molar-refractivity contribution in [1.29, 1.82) is 0 Å². The molecule has 2 heterocycles. The van der Waals surface area contributed by atoms with Crippen LogP contribution >= 0.6 is 0 Å². The van der Waals surface area contributed by atoms with Crippen LogP contribution in [0.25, 0.3) is 0 Å². The Hall–Kier alpha value is -0.870. The molecule has 1 aliphatic heterocycles. The van der Waals surface area contributed by atoms with Crippen LogP contribution in [0.5, 0.6) is 0 Å². The van der Waals surface area contributed by atoms with Crippen molar-refractivity contribution in [3.8, 4) is 0 Å². The van der Waals surface area contributed by atoms with E-state index in [4.69, 9.17) is 4.42 Å². The van der Waals surface area contributed by atoms with Gasteiger partial charge in [0.15, 0.2) is 0 Å². The van der Waals surface area contributed by atoms with Crippen molar-refractivity contribution >= 4 is 0 Å². The molecule has 0 spiro atoms. The quantitative estimate of drug-likeness (QED) is 0.841. The minimum absolute atomic E-state index is 0.388. The molecule has 1 aliphatic rings. The van der Waals surface area contributed by atoms with Gasteiger partial charge >= 0.3 is 0 Å². The minimum atomic E-state index is 0.388. The van der Waals surface area contributed by atoms with Gasteiger partial charge in [-0.25, -0.2) is 4.98 Å². The maximum absolute atomic E-state index is 5.58. The van der Waals surface area contributed by atoms with Gasteiger partial charge in [-0.15, -0.1) is 0 Å². The van der Waals surface area contributed by atoms with Crippen molar-refractivity contribution in [2.75, 3.05) is 20.6 Å². The van der Waals surface area contributed by atoms with Gasteiger partial charge in [0.05, 0.1) is 11.7 Å². The summed E-state index contributed by atoms with van der Waals surface area (Å²) in [6, 6.07) is 0.831. The predicted molar refractivity (Wildman–Crippen MR) is 63.3 cm³/mol. The lowest BCUT2D eigenvalue weighted by Gasteiger charge is -2.15. The molecule has 0 amide bonds. The van der Waals surface area contributed by atoms with E-state index in [1.807, 2.05) is 7.05 Å². The third kappa shape index (κ3) is 2.44. The molecule has 2 atom stereocenters. The molecule has 2 unspecified atom stereocenters. The number of aromatic nitrogens is 1. The van der Waals surface area contributed by atoms with Crippen molar-refractivity contribution in [3.63, 3.8) is 0 Å². The van der Waals surface area contributed by atoms with E-state index in [1.54, 1.807) is 6.26 Å². The highest BCUT2D eigenvalue weighted by molar-refractivity contribution is 5.03. The molecule has 90 valence electrons. The molecule has 1 N–H and O–H groups in total. The molecule has 1 saturated heterocycles. The molecular weight excluding hydrogens is 202 g/mol. The summed E-state index contributed by atoms with van der Waals surface area (Å²) >= 11 is 0. The van der Waals surface area contributed by atoms with Gasteiger partial charge in [0.1, 0.15) is 6.26 Å². The van der Waals surface area contributed by atoms with Gasteiger partial charge < -0.3 is 9.73 Å². The van der Waals surface area contributed by atoms with Crippen molar-refractivity contribution in [3.05, 3.63) is 17.8 Å². The van der Waals surface area contributed by atoms with Crippen molar-refractivity contribution in [2.24, 2.45) is 0 Å². The predicted octanol–water partition coefficient (Wildman–Crippen LogP) is 1.59. The molecule has 0 saturated carbocycles. The number of hydrogen-bond acceptors (Lipinski definition) is 4. The molecule has 0 bridgehead atoms. The van der Waals surface area contributed by atoms with Crippen LogP contribution in [-0.4, -0.2) is 36.6 Å². The summed E-state index contributed by atoms with van der Waals surface area (Å²) in [6.45, 7) is 3.30. The van der Waals surface area contributed by atoms with Gasteiger partial charge in [0.25, 0.3) is 0 Å². The molecule has 0 aromatic carbocycles. The first-order valence-electron chi connectivity index (χ1n) is 6.02. The zero-order valence-corrected chi connectivity index (χ0v) is 10.4. The average molecular weight is 223 g/mol. The highest BCUT2D eigenvalue weighted by Crippen LogP contribution is 2.29. The number of oxazole rings is 1. The lowest BCUT2D eigenvalue weighted by atomic mass is 10.2. The summed E-state index contributed by atoms with van der Waals surface area (Å²) in [6.07, 6.45) is 5.13. The molecule has 4 nitrogen and oxygen atoms in total. The van der Waals surface area contributed by atoms with Crippen LogP contribution < -0.4 is 5.32 Å². The van der Waals surface area contributed by atoms with E-state index in [-0.39, 0.29) is 0 Å². The molecule has 0 aliphatic carbocycles. The van der Waals surface area contributed by atoms with Crippen LogP contribution in [0.4, 0.5) is 0 Å². The Morgan fingerprint density at radius 3 is 3.12 bits per heavy atom. The molecule has 0 radical (unpaired) electrons. The first-order valence-corrected chi connectivity index (χ1v) is 6.02. The number of likely N-dealkylation sites (tertiary alicyclic amines) is 1. The smallest absolute Gasteiger partial charge is 0.211 e. The highest BCUT2D eigenvalue weighted by atomic mass is 16.3. The van der Waals surface area contributed by atoms with Crippen molar-refractivity contribution in [2.45, 2.75) is 38.3 Å². The van der Waals surface area contributed by atoms with E-state index in [0.29, 0.717) is 12.1 Å². The van der Waals surface area contributed by atoms with E-state index in [0.717, 1.165) is 31.0 Å². The Kier molecular flexibility index (Phi) is 3.61. The zero-order valence-electron chi connectivity index (χ0n) is 10.4. The number of hydrogen-bond donors (Lipinski definition) is 1. The van der Waals surface area contributed by atoms with E-state index in [2.05, 4.69) is 29.2 Å². The molecule has 2 rings (SSSR count). The first-order chi connectivity index (χ1) is 7.70. The maximum atomic E-state index is 5.58. The van der Waals surface area contributed by atoms with Crippen molar-refractivity contribution in [1.82, 2.24) is 15.2 Å². The third-order valence-corrected chi connectivity index (χ3v) is 3.38. The Morgan fingerprint density at radius 2 is 2.50 bits per heavy atom. The Morgan fingerprint density at radius 1 is 1.69 bits per heavy atom. The van der Waals surface area contributed by atoms with E-state index in [9.17, 15) is 0 Å². The van der Waals surface area contributed by atoms with Crippen LogP contribution in [0.1, 0.15) is 37.4 Å². The van der Waals surface area contributed by atoms with Gasteiger partial charge in [0.2, 0.25) is 5.89 Å². The van der Waals surface area contributed by atoms with E-state index < -0.39 is 0 Å². The summed E-state index contributed by atoms with van der Waals surface area (Å²) in [5.74, 6) is 0.887. The normalized spacial score (nSPS) is 23.8. The molecular formula is C12H21N3O. The van der Waals surface area contributed by atoms with Crippen molar-refractivity contribution < 1.29 is 4.42 Å². The Balaban J connectivity index is 2.01. The number of nitrogens with one attached hydrogen (secondary N) is 1. The highest BCUT2D eigenvalue weighted by Gasteiger charge is 2.26. The summed E-state index contributed by atoms with van der Waals surface area (Å²) < 4.78 is 5.58. The Labute approximate surface area is 97.0 Å². The summed E-state index contributed by atoms with van der Waals surface area (Å²) in [7, 11) is 4.11. The fourth-order valence-electron chi connectivity index (χ4n) is 2.21. The van der Waals surface area contributed by atoms with Crippen LogP contribution in [0, 0.1) is 0 Å². The zero-order chi connectivity index (χ0) is 11.5. The van der Waals surface area contributed by atoms with Gasteiger partial charge in [-0.1, -0.05) is 0 Å². The molecule has 1 aromatic rings. The van der Waals surface area contributed by atoms with Crippen LogP contribution in [0.3, 0.4) is 0 Å². The summed E-state index contributed by atoms with van der Waals surface area (Å²) in [5.41, 5.74) is 1.05. The third-order valence-electron chi connectivity index (χ3n) is 3.38. The fourth-order valence-corrected chi connectivity index (χ4v) is 2.21. The number of rotatable bonds is 4.